The summed E-state index contributed by atoms with van der Waals surface area (Å²) in [6.45, 7) is 0. The predicted molar refractivity (Wildman–Crippen MR) is 76.9 cm³/mol. The van der Waals surface area contributed by atoms with Crippen LogP contribution in [-0.2, 0) is 0 Å². The van der Waals surface area contributed by atoms with Crippen LogP contribution in [0, 0.1) is 0 Å². The van der Waals surface area contributed by atoms with Gasteiger partial charge in [0.2, 0.25) is 0 Å². The predicted octanol–water partition coefficient (Wildman–Crippen LogP) is 2.04. The summed E-state index contributed by atoms with van der Waals surface area (Å²) in [5.74, 6) is 0. The van der Waals surface area contributed by atoms with Crippen molar-refractivity contribution in [2.45, 2.75) is 74.4 Å². The van der Waals surface area contributed by atoms with Gasteiger partial charge in [-0.05, 0) is 55.9 Å². The van der Waals surface area contributed by atoms with Gasteiger partial charge in [0.1, 0.15) is 0 Å². The van der Waals surface area contributed by atoms with E-state index in [0.717, 1.165) is 23.4 Å². The van der Waals surface area contributed by atoms with Gasteiger partial charge in [-0.15, -0.1) is 0 Å². The van der Waals surface area contributed by atoms with Gasteiger partial charge in [-0.1, -0.05) is 10.8 Å². The van der Waals surface area contributed by atoms with Gasteiger partial charge >= 0.3 is 0 Å². The van der Waals surface area contributed by atoms with E-state index in [4.69, 9.17) is 5.73 Å². The Bertz CT molecular complexity index is 256. The van der Waals surface area contributed by atoms with E-state index < -0.39 is 0 Å². The first-order chi connectivity index (χ1) is 8.31. The second kappa shape index (κ2) is 5.70. The Morgan fingerprint density at radius 2 is 1.76 bits per heavy atom. The number of nitrogens with two attached hydrogens (primary N) is 1. The molecule has 3 unspecified atom stereocenters. The zero-order valence-corrected chi connectivity index (χ0v) is 11.9. The average molecular weight is 273 g/mol. The lowest BCUT2D eigenvalue weighted by Gasteiger charge is -2.35. The Morgan fingerprint density at radius 1 is 1.00 bits per heavy atom. The summed E-state index contributed by atoms with van der Waals surface area (Å²) in [5, 5.41) is 4.72. The molecule has 3 fully saturated rings. The van der Waals surface area contributed by atoms with Gasteiger partial charge in [-0.2, -0.15) is 0 Å². The van der Waals surface area contributed by atoms with Gasteiger partial charge in [-0.25, -0.2) is 0 Å². The van der Waals surface area contributed by atoms with Crippen molar-refractivity contribution in [3.8, 4) is 0 Å². The molecule has 1 heterocycles. The van der Waals surface area contributed by atoms with Crippen molar-refractivity contribution < 1.29 is 0 Å². The minimum absolute atomic E-state index is 0.467. The van der Waals surface area contributed by atoms with Gasteiger partial charge in [0, 0.05) is 29.4 Å². The third-order valence-corrected chi connectivity index (χ3v) is 6.99. The van der Waals surface area contributed by atoms with Crippen molar-refractivity contribution in [1.29, 1.82) is 0 Å². The number of rotatable bonds is 2. The normalized spacial score (nSPS) is 46.8. The summed E-state index contributed by atoms with van der Waals surface area (Å²) < 4.78 is 3.52. The second-order valence-electron chi connectivity index (χ2n) is 5.73. The fourth-order valence-electron chi connectivity index (χ4n) is 3.29. The SMILES string of the molecule is NC1CCC(NC2CCC3NSSC3C2)CC1. The average Bonchev–Trinajstić information content (AvgIpc) is 2.79. The first-order valence-corrected chi connectivity index (χ1v) is 9.12. The topological polar surface area (TPSA) is 50.1 Å². The second-order valence-corrected chi connectivity index (χ2v) is 8.01. The first-order valence-electron chi connectivity index (χ1n) is 6.91. The van der Waals surface area contributed by atoms with E-state index in [0.29, 0.717) is 6.04 Å². The fraction of sp³-hybridized carbons (Fsp3) is 1.00. The molecule has 0 aromatic heterocycles. The summed E-state index contributed by atoms with van der Waals surface area (Å²) in [5.41, 5.74) is 5.96. The van der Waals surface area contributed by atoms with Crippen molar-refractivity contribution in [3.63, 3.8) is 0 Å². The first kappa shape index (κ1) is 12.6. The molecule has 3 nitrogen and oxygen atoms in total. The lowest BCUT2D eigenvalue weighted by Crippen LogP contribution is -2.48. The molecule has 0 amide bonds. The third-order valence-electron chi connectivity index (χ3n) is 4.41. The molecule has 3 rings (SSSR count). The molecular weight excluding hydrogens is 250 g/mol. The van der Waals surface area contributed by atoms with Crippen molar-refractivity contribution in [3.05, 3.63) is 0 Å². The Hall–Kier alpha value is 0.580. The molecule has 0 aromatic carbocycles. The standard InChI is InChI=1S/C12H23N3S2/c13-8-1-3-9(4-2-8)14-10-5-6-11-12(7-10)16-17-15-11/h8-12,14-15H,1-7,13H2. The monoisotopic (exact) mass is 273 g/mol. The maximum atomic E-state index is 5.96. The molecule has 98 valence electrons. The number of hydrogen-bond acceptors (Lipinski definition) is 5. The molecule has 4 N–H and O–H groups in total. The van der Waals surface area contributed by atoms with Gasteiger partial charge in [0.05, 0.1) is 0 Å². The minimum Gasteiger partial charge on any atom is -0.328 e. The van der Waals surface area contributed by atoms with Crippen LogP contribution >= 0.6 is 21.8 Å². The lowest BCUT2D eigenvalue weighted by molar-refractivity contribution is 0.270. The van der Waals surface area contributed by atoms with Gasteiger partial charge in [-0.3, -0.25) is 4.72 Å². The highest BCUT2D eigenvalue weighted by molar-refractivity contribution is 8.76. The molecule has 0 bridgehead atoms. The molecule has 3 aliphatic rings. The zero-order valence-electron chi connectivity index (χ0n) is 10.2. The summed E-state index contributed by atoms with van der Waals surface area (Å²) in [7, 11) is 3.89. The Morgan fingerprint density at radius 3 is 2.59 bits per heavy atom. The van der Waals surface area contributed by atoms with Gasteiger partial charge < -0.3 is 11.1 Å². The highest BCUT2D eigenvalue weighted by Crippen LogP contribution is 2.42. The van der Waals surface area contributed by atoms with Crippen LogP contribution in [0.1, 0.15) is 44.9 Å². The Balaban J connectivity index is 1.46. The molecule has 0 spiro atoms. The van der Waals surface area contributed by atoms with Crippen LogP contribution in [0.4, 0.5) is 0 Å². The third kappa shape index (κ3) is 3.13. The van der Waals surface area contributed by atoms with Crippen molar-refractivity contribution >= 4 is 21.8 Å². The van der Waals surface area contributed by atoms with E-state index in [1.807, 2.05) is 21.8 Å². The number of nitrogens with one attached hydrogen (secondary N) is 2. The summed E-state index contributed by atoms with van der Waals surface area (Å²) in [4.78, 5) is 0. The number of hydrogen-bond donors (Lipinski definition) is 3. The van der Waals surface area contributed by atoms with E-state index in [2.05, 4.69) is 10.0 Å². The lowest BCUT2D eigenvalue weighted by atomic mass is 9.87. The van der Waals surface area contributed by atoms with Crippen LogP contribution in [0.2, 0.25) is 0 Å². The summed E-state index contributed by atoms with van der Waals surface area (Å²) in [6, 6.07) is 2.73. The minimum atomic E-state index is 0.467. The molecule has 0 radical (unpaired) electrons. The van der Waals surface area contributed by atoms with Gasteiger partial charge in [0.25, 0.3) is 0 Å². The van der Waals surface area contributed by atoms with Crippen molar-refractivity contribution in [2.24, 2.45) is 5.73 Å². The van der Waals surface area contributed by atoms with Crippen LogP contribution < -0.4 is 15.8 Å². The molecular formula is C12H23N3S2. The summed E-state index contributed by atoms with van der Waals surface area (Å²) >= 11 is 0. The highest BCUT2D eigenvalue weighted by atomic mass is 33.1. The van der Waals surface area contributed by atoms with E-state index in [-0.39, 0.29) is 0 Å². The summed E-state index contributed by atoms with van der Waals surface area (Å²) in [6.07, 6.45) is 9.02. The van der Waals surface area contributed by atoms with E-state index >= 15 is 0 Å². The van der Waals surface area contributed by atoms with E-state index in [9.17, 15) is 0 Å². The maximum Gasteiger partial charge on any atom is 0.0341 e. The van der Waals surface area contributed by atoms with Crippen molar-refractivity contribution in [2.75, 3.05) is 0 Å². The smallest absolute Gasteiger partial charge is 0.0341 e. The largest absolute Gasteiger partial charge is 0.328 e. The van der Waals surface area contributed by atoms with Crippen LogP contribution in [0.25, 0.3) is 0 Å². The molecule has 1 aliphatic heterocycles. The molecule has 2 aliphatic carbocycles. The Labute approximate surface area is 112 Å². The number of fused-ring (bicyclic) bond motifs is 1. The van der Waals surface area contributed by atoms with E-state index in [1.54, 1.807) is 0 Å². The van der Waals surface area contributed by atoms with Crippen LogP contribution in [-0.4, -0.2) is 29.4 Å². The molecule has 1 saturated heterocycles. The molecule has 3 atom stereocenters. The maximum absolute atomic E-state index is 5.96. The molecule has 2 saturated carbocycles. The van der Waals surface area contributed by atoms with Crippen LogP contribution in [0.3, 0.4) is 0 Å². The van der Waals surface area contributed by atoms with Gasteiger partial charge in [0.15, 0.2) is 0 Å². The highest BCUT2D eigenvalue weighted by Gasteiger charge is 2.36. The zero-order chi connectivity index (χ0) is 11.7. The Kier molecular flexibility index (Phi) is 4.22. The molecule has 17 heavy (non-hydrogen) atoms. The molecule has 5 heteroatoms. The van der Waals surface area contributed by atoms with E-state index in [1.165, 1.54) is 44.9 Å². The van der Waals surface area contributed by atoms with Crippen LogP contribution in [0.15, 0.2) is 0 Å². The fourth-order valence-corrected chi connectivity index (χ4v) is 6.16. The van der Waals surface area contributed by atoms with Crippen LogP contribution in [0.5, 0.6) is 0 Å². The van der Waals surface area contributed by atoms with Crippen molar-refractivity contribution in [1.82, 2.24) is 10.0 Å². The quantitative estimate of drug-likeness (QED) is 0.531. The molecule has 0 aromatic rings.